The van der Waals surface area contributed by atoms with Crippen molar-refractivity contribution < 1.29 is 4.79 Å². The third kappa shape index (κ3) is 2.01. The Balaban J connectivity index is 1.72. The highest BCUT2D eigenvalue weighted by molar-refractivity contribution is 7.10. The molecule has 2 saturated carbocycles. The van der Waals surface area contributed by atoms with E-state index in [2.05, 4.69) is 24.9 Å². The molecule has 0 aromatic carbocycles. The van der Waals surface area contributed by atoms with Gasteiger partial charge in [0.2, 0.25) is 5.91 Å². The largest absolute Gasteiger partial charge is 0.332 e. The van der Waals surface area contributed by atoms with E-state index in [1.165, 1.54) is 42.2 Å². The van der Waals surface area contributed by atoms with Crippen LogP contribution < -0.4 is 0 Å². The van der Waals surface area contributed by atoms with E-state index < -0.39 is 0 Å². The molecule has 0 bridgehead atoms. The van der Waals surface area contributed by atoms with Crippen molar-refractivity contribution >= 4 is 17.2 Å². The monoisotopic (exact) mass is 261 g/mol. The molecule has 0 aliphatic heterocycles. The first-order valence-electron chi connectivity index (χ1n) is 6.60. The molecule has 1 aromatic heterocycles. The van der Waals surface area contributed by atoms with Crippen LogP contribution in [0.2, 0.25) is 0 Å². The SMILES string of the molecule is C=CC(=O)N(Cc1ccsc1C)C1CC2(CC2)C1. The van der Waals surface area contributed by atoms with Crippen LogP contribution in [0.3, 0.4) is 0 Å². The minimum atomic E-state index is 0.0844. The first-order valence-corrected chi connectivity index (χ1v) is 7.47. The Morgan fingerprint density at radius 2 is 2.33 bits per heavy atom. The summed E-state index contributed by atoms with van der Waals surface area (Å²) >= 11 is 1.75. The van der Waals surface area contributed by atoms with Crippen LogP contribution in [0.5, 0.6) is 0 Å². The predicted octanol–water partition coefficient (Wildman–Crippen LogP) is 3.51. The lowest BCUT2D eigenvalue weighted by atomic mass is 9.76. The van der Waals surface area contributed by atoms with Gasteiger partial charge in [0.05, 0.1) is 0 Å². The number of aryl methyl sites for hydroxylation is 1. The van der Waals surface area contributed by atoms with E-state index in [9.17, 15) is 4.79 Å². The number of hydrogen-bond acceptors (Lipinski definition) is 2. The van der Waals surface area contributed by atoms with Gasteiger partial charge in [-0.25, -0.2) is 0 Å². The molecule has 2 aliphatic rings. The van der Waals surface area contributed by atoms with Gasteiger partial charge in [-0.05, 0) is 61.1 Å². The van der Waals surface area contributed by atoms with Crippen molar-refractivity contribution in [1.82, 2.24) is 4.90 Å². The molecule has 2 fully saturated rings. The lowest BCUT2D eigenvalue weighted by Gasteiger charge is -2.43. The van der Waals surface area contributed by atoms with Gasteiger partial charge in [0.25, 0.3) is 0 Å². The highest BCUT2D eigenvalue weighted by Gasteiger charge is 2.54. The normalized spacial score (nSPS) is 20.5. The fourth-order valence-corrected chi connectivity index (χ4v) is 3.73. The van der Waals surface area contributed by atoms with Crippen molar-refractivity contribution in [3.63, 3.8) is 0 Å². The third-order valence-electron chi connectivity index (χ3n) is 4.50. The smallest absolute Gasteiger partial charge is 0.246 e. The van der Waals surface area contributed by atoms with Gasteiger partial charge in [-0.3, -0.25) is 4.79 Å². The fraction of sp³-hybridized carbons (Fsp3) is 0.533. The molecule has 0 unspecified atom stereocenters. The summed E-state index contributed by atoms with van der Waals surface area (Å²) in [5.41, 5.74) is 1.92. The minimum Gasteiger partial charge on any atom is -0.332 e. The van der Waals surface area contributed by atoms with Crippen LogP contribution in [0.25, 0.3) is 0 Å². The van der Waals surface area contributed by atoms with Gasteiger partial charge in [0.15, 0.2) is 0 Å². The van der Waals surface area contributed by atoms with E-state index in [1.54, 1.807) is 11.3 Å². The van der Waals surface area contributed by atoms with Crippen LogP contribution in [0, 0.1) is 12.3 Å². The molecule has 1 amide bonds. The summed E-state index contributed by atoms with van der Waals surface area (Å²) < 4.78 is 0. The van der Waals surface area contributed by atoms with Crippen molar-refractivity contribution in [2.75, 3.05) is 0 Å². The molecular formula is C15H19NOS. The third-order valence-corrected chi connectivity index (χ3v) is 5.39. The highest BCUT2D eigenvalue weighted by atomic mass is 32.1. The average molecular weight is 261 g/mol. The number of amides is 1. The number of thiophene rings is 1. The molecule has 3 heteroatoms. The van der Waals surface area contributed by atoms with Crippen molar-refractivity contribution in [1.29, 1.82) is 0 Å². The molecular weight excluding hydrogens is 242 g/mol. The maximum Gasteiger partial charge on any atom is 0.246 e. The quantitative estimate of drug-likeness (QED) is 0.759. The van der Waals surface area contributed by atoms with Crippen molar-refractivity contribution in [3.05, 3.63) is 34.5 Å². The van der Waals surface area contributed by atoms with Gasteiger partial charge < -0.3 is 4.90 Å². The number of carbonyl (C=O) groups is 1. The summed E-state index contributed by atoms with van der Waals surface area (Å²) in [6.45, 7) is 6.51. The summed E-state index contributed by atoms with van der Waals surface area (Å²) in [5.74, 6) is 0.0844. The highest BCUT2D eigenvalue weighted by Crippen LogP contribution is 2.62. The minimum absolute atomic E-state index is 0.0844. The molecule has 1 spiro atoms. The Labute approximate surface area is 112 Å². The summed E-state index contributed by atoms with van der Waals surface area (Å²) in [6.07, 6.45) is 6.61. The molecule has 18 heavy (non-hydrogen) atoms. The first-order chi connectivity index (χ1) is 8.63. The molecule has 0 N–H and O–H groups in total. The van der Waals surface area contributed by atoms with Gasteiger partial charge in [-0.1, -0.05) is 6.58 Å². The molecule has 2 nitrogen and oxygen atoms in total. The van der Waals surface area contributed by atoms with Crippen molar-refractivity contribution in [2.24, 2.45) is 5.41 Å². The summed E-state index contributed by atoms with van der Waals surface area (Å²) in [5, 5.41) is 2.10. The summed E-state index contributed by atoms with van der Waals surface area (Å²) in [7, 11) is 0. The Kier molecular flexibility index (Phi) is 2.81. The van der Waals surface area contributed by atoms with Gasteiger partial charge in [-0.15, -0.1) is 11.3 Å². The predicted molar refractivity (Wildman–Crippen MR) is 74.5 cm³/mol. The summed E-state index contributed by atoms with van der Waals surface area (Å²) in [6, 6.07) is 2.58. The van der Waals surface area contributed by atoms with E-state index in [4.69, 9.17) is 0 Å². The molecule has 96 valence electrons. The van der Waals surface area contributed by atoms with E-state index in [1.807, 2.05) is 4.90 Å². The first kappa shape index (κ1) is 12.0. The number of hydrogen-bond donors (Lipinski definition) is 0. The molecule has 0 radical (unpaired) electrons. The second-order valence-corrected chi connectivity index (χ2v) is 6.85. The number of nitrogens with zero attached hydrogens (tertiary/aromatic N) is 1. The molecule has 0 saturated heterocycles. The number of rotatable bonds is 4. The lowest BCUT2D eigenvalue weighted by molar-refractivity contribution is -0.132. The van der Waals surface area contributed by atoms with Crippen LogP contribution in [-0.2, 0) is 11.3 Å². The fourth-order valence-electron chi connectivity index (χ4n) is 3.01. The maximum absolute atomic E-state index is 12.0. The zero-order valence-corrected chi connectivity index (χ0v) is 11.6. The standard InChI is InChI=1S/C15H19NOS/c1-3-14(17)16(10-12-4-7-18-11(12)2)13-8-15(9-13)5-6-15/h3-4,7,13H,1,5-6,8-10H2,2H3. The Bertz CT molecular complexity index is 478. The van der Waals surface area contributed by atoms with Crippen molar-refractivity contribution in [3.8, 4) is 0 Å². The second-order valence-electron chi connectivity index (χ2n) is 5.73. The number of carbonyl (C=O) groups excluding carboxylic acids is 1. The van der Waals surface area contributed by atoms with E-state index >= 15 is 0 Å². The van der Waals surface area contributed by atoms with Crippen LogP contribution in [0.1, 0.15) is 36.1 Å². The zero-order valence-electron chi connectivity index (χ0n) is 10.8. The molecule has 0 atom stereocenters. The van der Waals surface area contributed by atoms with E-state index in [-0.39, 0.29) is 5.91 Å². The summed E-state index contributed by atoms with van der Waals surface area (Å²) in [4.78, 5) is 15.4. The van der Waals surface area contributed by atoms with Gasteiger partial charge in [0, 0.05) is 17.5 Å². The molecule has 3 rings (SSSR count). The van der Waals surface area contributed by atoms with Crippen LogP contribution in [0.15, 0.2) is 24.1 Å². The second kappa shape index (κ2) is 4.23. The zero-order chi connectivity index (χ0) is 12.8. The van der Waals surface area contributed by atoms with Crippen LogP contribution in [0.4, 0.5) is 0 Å². The topological polar surface area (TPSA) is 20.3 Å². The average Bonchev–Trinajstić information content (AvgIpc) is 3.03. The van der Waals surface area contributed by atoms with Gasteiger partial charge >= 0.3 is 0 Å². The van der Waals surface area contributed by atoms with Gasteiger partial charge in [0.1, 0.15) is 0 Å². The molecule has 1 heterocycles. The van der Waals surface area contributed by atoms with Crippen LogP contribution in [-0.4, -0.2) is 16.8 Å². The Morgan fingerprint density at radius 1 is 1.61 bits per heavy atom. The molecule has 1 aromatic rings. The molecule has 2 aliphatic carbocycles. The van der Waals surface area contributed by atoms with E-state index in [0.29, 0.717) is 11.5 Å². The Hall–Kier alpha value is -1.09. The maximum atomic E-state index is 12.0. The van der Waals surface area contributed by atoms with Crippen molar-refractivity contribution in [2.45, 2.75) is 45.2 Å². The van der Waals surface area contributed by atoms with Crippen LogP contribution >= 0.6 is 11.3 Å². The van der Waals surface area contributed by atoms with E-state index in [0.717, 1.165) is 6.54 Å². The lowest BCUT2D eigenvalue weighted by Crippen LogP contribution is -2.47. The van der Waals surface area contributed by atoms with Gasteiger partial charge in [-0.2, -0.15) is 0 Å². The Morgan fingerprint density at radius 3 is 2.83 bits per heavy atom.